The van der Waals surface area contributed by atoms with Gasteiger partial charge in [-0.15, -0.1) is 0 Å². The van der Waals surface area contributed by atoms with E-state index < -0.39 is 5.97 Å². The van der Waals surface area contributed by atoms with Gasteiger partial charge in [-0.05, 0) is 18.4 Å². The van der Waals surface area contributed by atoms with E-state index in [1.165, 1.54) is 18.9 Å². The molecule has 6 nitrogen and oxygen atoms in total. The van der Waals surface area contributed by atoms with E-state index in [1.807, 2.05) is 24.5 Å². The number of aromatic nitrogens is 2. The van der Waals surface area contributed by atoms with Gasteiger partial charge in [-0.2, -0.15) is 0 Å². The number of hydrogen-bond acceptors (Lipinski definition) is 6. The van der Waals surface area contributed by atoms with Gasteiger partial charge in [-0.3, -0.25) is 4.57 Å². The molecule has 1 aliphatic heterocycles. The summed E-state index contributed by atoms with van der Waals surface area (Å²) in [5, 5.41) is 0.675. The van der Waals surface area contributed by atoms with E-state index in [0.29, 0.717) is 16.7 Å². The van der Waals surface area contributed by atoms with Crippen LogP contribution in [0, 0.1) is 0 Å². The Bertz CT molecular complexity index is 668. The molecule has 0 saturated heterocycles. The number of carbonyl (C=O) groups excluding carboxylic acids is 1. The third-order valence-corrected chi connectivity index (χ3v) is 3.54. The first-order valence-electron chi connectivity index (χ1n) is 5.85. The molecule has 0 saturated carbocycles. The average Bonchev–Trinajstić information content (AvgIpc) is 3.12. The Morgan fingerprint density at radius 3 is 3.05 bits per heavy atom. The molecule has 0 radical (unpaired) electrons. The first-order chi connectivity index (χ1) is 9.74. The summed E-state index contributed by atoms with van der Waals surface area (Å²) in [6.07, 6.45) is 3.52. The van der Waals surface area contributed by atoms with Crippen LogP contribution in [0.3, 0.4) is 0 Å². The summed E-state index contributed by atoms with van der Waals surface area (Å²) in [5.74, 6) is 0.864. The second-order valence-electron chi connectivity index (χ2n) is 3.99. The maximum atomic E-state index is 11.6. The van der Waals surface area contributed by atoms with Gasteiger partial charge >= 0.3 is 5.97 Å². The number of nitrogens with zero attached hydrogens (tertiary/aromatic N) is 2. The van der Waals surface area contributed by atoms with Crippen LogP contribution in [-0.4, -0.2) is 35.7 Å². The Morgan fingerprint density at radius 1 is 1.45 bits per heavy atom. The van der Waals surface area contributed by atoms with Crippen molar-refractivity contribution in [3.05, 3.63) is 30.1 Å². The smallest absolute Gasteiger partial charge is 0.358 e. The highest BCUT2D eigenvalue weighted by Crippen LogP contribution is 2.38. The van der Waals surface area contributed by atoms with Crippen LogP contribution in [-0.2, 0) is 4.74 Å². The van der Waals surface area contributed by atoms with Gasteiger partial charge in [0.05, 0.1) is 12.8 Å². The summed E-state index contributed by atoms with van der Waals surface area (Å²) in [6, 6.07) is 5.59. The fourth-order valence-electron chi connectivity index (χ4n) is 1.99. The maximum Gasteiger partial charge on any atom is 0.358 e. The molecule has 0 bridgehead atoms. The molecule has 1 aliphatic rings. The second-order valence-corrected chi connectivity index (χ2v) is 4.76. The first-order valence-corrected chi connectivity index (χ1v) is 7.07. The van der Waals surface area contributed by atoms with E-state index in [1.54, 1.807) is 10.8 Å². The van der Waals surface area contributed by atoms with Crippen molar-refractivity contribution in [3.63, 3.8) is 0 Å². The number of ether oxygens (including phenoxy) is 3. The van der Waals surface area contributed by atoms with Crippen molar-refractivity contribution in [2.24, 2.45) is 0 Å². The predicted molar refractivity (Wildman–Crippen MR) is 72.8 cm³/mol. The first kappa shape index (κ1) is 12.9. The largest absolute Gasteiger partial charge is 0.464 e. The summed E-state index contributed by atoms with van der Waals surface area (Å²) >= 11 is 1.43. The third kappa shape index (κ3) is 2.00. The van der Waals surface area contributed by atoms with Crippen molar-refractivity contribution < 1.29 is 19.0 Å². The van der Waals surface area contributed by atoms with Crippen molar-refractivity contribution in [2.45, 2.75) is 5.16 Å². The zero-order valence-corrected chi connectivity index (χ0v) is 11.8. The van der Waals surface area contributed by atoms with Gasteiger partial charge in [0.15, 0.2) is 22.3 Å². The number of rotatable bonds is 3. The minimum Gasteiger partial charge on any atom is -0.464 e. The molecule has 1 aromatic heterocycles. The minimum absolute atomic E-state index is 0.194. The number of imidazole rings is 1. The van der Waals surface area contributed by atoms with Gasteiger partial charge in [0.2, 0.25) is 6.79 Å². The molecular weight excluding hydrogens is 280 g/mol. The SMILES string of the molecule is COC(=O)c1cn(-c2cccc3c2OCO3)c(SC)n1. The van der Waals surface area contributed by atoms with Gasteiger partial charge < -0.3 is 14.2 Å². The monoisotopic (exact) mass is 292 g/mol. The molecule has 3 rings (SSSR count). The number of benzene rings is 1. The molecule has 104 valence electrons. The standard InChI is InChI=1S/C13H12N2O4S/c1-17-12(16)8-6-15(13(14-8)20-2)9-4-3-5-10-11(9)19-7-18-10/h3-6H,7H2,1-2H3. The molecule has 2 heterocycles. The summed E-state index contributed by atoms with van der Waals surface area (Å²) < 4.78 is 17.3. The van der Waals surface area contributed by atoms with Crippen molar-refractivity contribution in [1.82, 2.24) is 9.55 Å². The number of carbonyl (C=O) groups is 1. The van der Waals surface area contributed by atoms with Gasteiger partial charge in [0.25, 0.3) is 0 Å². The lowest BCUT2D eigenvalue weighted by Crippen LogP contribution is -2.01. The number of esters is 1. The van der Waals surface area contributed by atoms with E-state index in [0.717, 1.165) is 5.69 Å². The number of methoxy groups -OCH3 is 1. The molecule has 1 aromatic carbocycles. The van der Waals surface area contributed by atoms with Crippen LogP contribution in [0.25, 0.3) is 5.69 Å². The van der Waals surface area contributed by atoms with Crippen LogP contribution < -0.4 is 9.47 Å². The summed E-state index contributed by atoms with van der Waals surface area (Å²) in [4.78, 5) is 15.9. The van der Waals surface area contributed by atoms with Crippen LogP contribution in [0.5, 0.6) is 11.5 Å². The zero-order chi connectivity index (χ0) is 14.1. The third-order valence-electron chi connectivity index (χ3n) is 2.89. The summed E-state index contributed by atoms with van der Waals surface area (Å²) in [6.45, 7) is 0.194. The van der Waals surface area contributed by atoms with Gasteiger partial charge in [0.1, 0.15) is 0 Å². The Hall–Kier alpha value is -2.15. The van der Waals surface area contributed by atoms with Crippen LogP contribution in [0.2, 0.25) is 0 Å². The lowest BCUT2D eigenvalue weighted by Gasteiger charge is -2.08. The van der Waals surface area contributed by atoms with E-state index in [9.17, 15) is 4.79 Å². The molecule has 7 heteroatoms. The Labute approximate surface area is 119 Å². The topological polar surface area (TPSA) is 62.6 Å². The zero-order valence-electron chi connectivity index (χ0n) is 11.0. The summed E-state index contributed by atoms with van der Waals surface area (Å²) in [5.41, 5.74) is 1.04. The van der Waals surface area contributed by atoms with Crippen LogP contribution in [0.15, 0.2) is 29.6 Å². The molecule has 0 atom stereocenters. The van der Waals surface area contributed by atoms with Crippen molar-refractivity contribution in [2.75, 3.05) is 20.2 Å². The van der Waals surface area contributed by atoms with Crippen LogP contribution >= 0.6 is 11.8 Å². The molecule has 0 unspecified atom stereocenters. The molecule has 0 spiro atoms. The molecule has 20 heavy (non-hydrogen) atoms. The lowest BCUT2D eigenvalue weighted by atomic mass is 10.2. The highest BCUT2D eigenvalue weighted by Gasteiger charge is 2.22. The van der Waals surface area contributed by atoms with Crippen molar-refractivity contribution >= 4 is 17.7 Å². The highest BCUT2D eigenvalue weighted by molar-refractivity contribution is 7.98. The summed E-state index contributed by atoms with van der Waals surface area (Å²) in [7, 11) is 1.33. The fraction of sp³-hybridized carbons (Fsp3) is 0.231. The van der Waals surface area contributed by atoms with Gasteiger partial charge in [-0.25, -0.2) is 9.78 Å². The van der Waals surface area contributed by atoms with Crippen LogP contribution in [0.1, 0.15) is 10.5 Å². The van der Waals surface area contributed by atoms with Crippen molar-refractivity contribution in [1.29, 1.82) is 0 Å². The van der Waals surface area contributed by atoms with E-state index in [-0.39, 0.29) is 12.5 Å². The Balaban J connectivity index is 2.12. The van der Waals surface area contributed by atoms with Gasteiger partial charge in [-0.1, -0.05) is 17.8 Å². The minimum atomic E-state index is -0.469. The molecule has 0 aliphatic carbocycles. The molecule has 2 aromatic rings. The van der Waals surface area contributed by atoms with Crippen LogP contribution in [0.4, 0.5) is 0 Å². The van der Waals surface area contributed by atoms with E-state index >= 15 is 0 Å². The Morgan fingerprint density at radius 2 is 2.30 bits per heavy atom. The predicted octanol–water partition coefficient (Wildman–Crippen LogP) is 2.11. The molecular formula is C13H12N2O4S. The highest BCUT2D eigenvalue weighted by atomic mass is 32.2. The van der Waals surface area contributed by atoms with Gasteiger partial charge in [0, 0.05) is 6.20 Å². The normalized spacial score (nSPS) is 12.5. The number of para-hydroxylation sites is 1. The molecule has 0 fully saturated rings. The second kappa shape index (κ2) is 5.09. The lowest BCUT2D eigenvalue weighted by molar-refractivity contribution is 0.0594. The van der Waals surface area contributed by atoms with E-state index in [4.69, 9.17) is 14.2 Å². The number of hydrogen-bond donors (Lipinski definition) is 0. The average molecular weight is 292 g/mol. The maximum absolute atomic E-state index is 11.6. The van der Waals surface area contributed by atoms with Crippen molar-refractivity contribution in [3.8, 4) is 17.2 Å². The molecule has 0 amide bonds. The van der Waals surface area contributed by atoms with E-state index in [2.05, 4.69) is 4.98 Å². The molecule has 0 N–H and O–H groups in total. The quantitative estimate of drug-likeness (QED) is 0.638. The Kier molecular flexibility index (Phi) is 3.27. The fourth-order valence-corrected chi connectivity index (χ4v) is 2.52. The number of thioether (sulfide) groups is 1. The number of fused-ring (bicyclic) bond motifs is 1.